The molecule has 0 aromatic rings. The minimum absolute atomic E-state index is 0.0652. The van der Waals surface area contributed by atoms with E-state index in [1.807, 2.05) is 27.2 Å². The predicted octanol–water partition coefficient (Wildman–Crippen LogP) is 18.2. The summed E-state index contributed by atoms with van der Waals surface area (Å²) in [6.45, 7) is 4.87. The minimum atomic E-state index is -4.34. The molecule has 0 aromatic carbocycles. The zero-order chi connectivity index (χ0) is 49.9. The van der Waals surface area contributed by atoms with Crippen molar-refractivity contribution in [2.24, 2.45) is 0 Å². The summed E-state index contributed by atoms with van der Waals surface area (Å²) in [4.78, 5) is 23.3. The number of allylic oxidation sites excluding steroid dienone is 1. The third-order valence-electron chi connectivity index (χ3n) is 14.0. The Hall–Kier alpha value is -0.760. The van der Waals surface area contributed by atoms with E-state index in [0.29, 0.717) is 17.4 Å². The number of nitrogens with zero attached hydrogens (tertiary/aromatic N) is 1. The van der Waals surface area contributed by atoms with Gasteiger partial charge in [-0.1, -0.05) is 296 Å². The molecule has 0 saturated heterocycles. The second kappa shape index (κ2) is 51.2. The van der Waals surface area contributed by atoms with E-state index in [1.54, 1.807) is 6.08 Å². The third kappa shape index (κ3) is 53.0. The van der Waals surface area contributed by atoms with Crippen LogP contribution in [0.25, 0.3) is 0 Å². The average molecular weight is 985 g/mol. The maximum atomic E-state index is 13.0. The molecular formula is C59H120N2O6P+. The van der Waals surface area contributed by atoms with Gasteiger partial charge in [-0.2, -0.15) is 0 Å². The van der Waals surface area contributed by atoms with Crippen molar-refractivity contribution in [1.29, 1.82) is 0 Å². The molecule has 0 spiro atoms. The van der Waals surface area contributed by atoms with Crippen molar-refractivity contribution in [2.45, 2.75) is 321 Å². The van der Waals surface area contributed by atoms with Crippen molar-refractivity contribution in [3.05, 3.63) is 12.2 Å². The molecule has 0 heterocycles. The predicted molar refractivity (Wildman–Crippen MR) is 295 cm³/mol. The van der Waals surface area contributed by atoms with Gasteiger partial charge in [0.1, 0.15) is 13.2 Å². The minimum Gasteiger partial charge on any atom is -0.387 e. The summed E-state index contributed by atoms with van der Waals surface area (Å²) in [7, 11) is 1.59. The molecule has 3 unspecified atom stereocenters. The Kier molecular flexibility index (Phi) is 50.6. The molecule has 3 N–H and O–H groups in total. The van der Waals surface area contributed by atoms with Crippen LogP contribution in [-0.2, 0) is 18.4 Å². The zero-order valence-electron chi connectivity index (χ0n) is 46.4. The molecule has 0 fully saturated rings. The molecule has 8 nitrogen and oxygen atoms in total. The van der Waals surface area contributed by atoms with Gasteiger partial charge in [0.05, 0.1) is 39.9 Å². The lowest BCUT2D eigenvalue weighted by atomic mass is 10.0. The van der Waals surface area contributed by atoms with Gasteiger partial charge in [0, 0.05) is 6.42 Å². The van der Waals surface area contributed by atoms with E-state index < -0.39 is 20.0 Å². The first-order chi connectivity index (χ1) is 33.0. The fraction of sp³-hybridized carbons (Fsp3) is 0.949. The molecule has 0 saturated carbocycles. The number of aliphatic hydroxyl groups excluding tert-OH is 1. The van der Waals surface area contributed by atoms with Crippen molar-refractivity contribution in [3.63, 3.8) is 0 Å². The Balaban J connectivity index is 4.14. The SMILES string of the molecule is CCCCCCCCCCCCCCCCCCCCCCCCCCC/C=C/C(O)C(COP(=O)(O)OCC[N+](C)(C)C)NC(=O)CCCCCCCCCCCCCCCCCCCCC. The van der Waals surface area contributed by atoms with Gasteiger partial charge in [0.15, 0.2) is 0 Å². The van der Waals surface area contributed by atoms with E-state index >= 15 is 0 Å². The largest absolute Gasteiger partial charge is 0.472 e. The molecule has 0 rings (SSSR count). The number of hydrogen-bond donors (Lipinski definition) is 3. The van der Waals surface area contributed by atoms with E-state index in [1.165, 1.54) is 257 Å². The maximum absolute atomic E-state index is 13.0. The molecule has 3 atom stereocenters. The summed E-state index contributed by atoms with van der Waals surface area (Å²) in [5.74, 6) is -0.169. The number of carbonyl (C=O) groups is 1. The highest BCUT2D eigenvalue weighted by Gasteiger charge is 2.27. The zero-order valence-corrected chi connectivity index (χ0v) is 47.3. The Labute approximate surface area is 424 Å². The third-order valence-corrected chi connectivity index (χ3v) is 15.0. The molecule has 0 aliphatic heterocycles. The summed E-state index contributed by atoms with van der Waals surface area (Å²) in [5, 5.41) is 14.0. The van der Waals surface area contributed by atoms with Crippen LogP contribution in [0.2, 0.25) is 0 Å². The molecule has 0 aliphatic rings. The van der Waals surface area contributed by atoms with Crippen molar-refractivity contribution in [3.8, 4) is 0 Å². The number of hydrogen-bond acceptors (Lipinski definition) is 5. The first kappa shape index (κ1) is 67.2. The van der Waals surface area contributed by atoms with Crippen LogP contribution in [0, 0.1) is 0 Å². The molecule has 68 heavy (non-hydrogen) atoms. The number of phosphoric acid groups is 1. The number of carbonyl (C=O) groups excluding carboxylic acids is 1. The molecular weight excluding hydrogens is 864 g/mol. The summed E-state index contributed by atoms with van der Waals surface area (Å²) in [6, 6.07) is -0.842. The second-order valence-electron chi connectivity index (χ2n) is 22.1. The Bertz CT molecular complexity index is 1120. The fourth-order valence-corrected chi connectivity index (χ4v) is 10.0. The van der Waals surface area contributed by atoms with Crippen LogP contribution in [0.15, 0.2) is 12.2 Å². The number of aliphatic hydroxyl groups is 1. The van der Waals surface area contributed by atoms with Crippen LogP contribution in [0.1, 0.15) is 309 Å². The smallest absolute Gasteiger partial charge is 0.387 e. The van der Waals surface area contributed by atoms with Crippen LogP contribution < -0.4 is 5.32 Å². The van der Waals surface area contributed by atoms with Crippen LogP contribution in [0.4, 0.5) is 0 Å². The normalized spacial score (nSPS) is 13.9. The van der Waals surface area contributed by atoms with Crippen molar-refractivity contribution in [1.82, 2.24) is 5.32 Å². The van der Waals surface area contributed by atoms with Crippen LogP contribution >= 0.6 is 7.82 Å². The molecule has 0 bridgehead atoms. The van der Waals surface area contributed by atoms with Gasteiger partial charge in [-0.3, -0.25) is 13.8 Å². The lowest BCUT2D eigenvalue weighted by Crippen LogP contribution is -2.45. The summed E-state index contributed by atoms with van der Waals surface area (Å²) in [6.07, 6.45) is 63.2. The number of quaternary nitrogens is 1. The van der Waals surface area contributed by atoms with Gasteiger partial charge in [-0.05, 0) is 19.3 Å². The van der Waals surface area contributed by atoms with Crippen LogP contribution in [-0.4, -0.2) is 73.4 Å². The van der Waals surface area contributed by atoms with E-state index in [-0.39, 0.29) is 19.1 Å². The maximum Gasteiger partial charge on any atom is 0.472 e. The fourth-order valence-electron chi connectivity index (χ4n) is 9.28. The highest BCUT2D eigenvalue weighted by Crippen LogP contribution is 2.43. The second-order valence-corrected chi connectivity index (χ2v) is 23.5. The quantitative estimate of drug-likeness (QED) is 0.0243. The highest BCUT2D eigenvalue weighted by atomic mass is 31.2. The average Bonchev–Trinajstić information content (AvgIpc) is 3.30. The summed E-state index contributed by atoms with van der Waals surface area (Å²) >= 11 is 0. The lowest BCUT2D eigenvalue weighted by molar-refractivity contribution is -0.870. The Morgan fingerprint density at radius 1 is 0.485 bits per heavy atom. The van der Waals surface area contributed by atoms with Crippen molar-refractivity contribution >= 4 is 13.7 Å². The van der Waals surface area contributed by atoms with E-state index in [4.69, 9.17) is 9.05 Å². The number of unbranched alkanes of at least 4 members (excludes halogenated alkanes) is 43. The standard InChI is InChI=1S/C59H119N2O6P/c1-6-8-10-12-14-16-18-20-22-24-26-27-28-29-30-31-32-33-35-36-38-40-42-44-46-48-50-52-58(62)57(56-67-68(64,65)66-55-54-61(3,4)5)60-59(63)53-51-49-47-45-43-41-39-37-34-25-23-21-19-17-15-13-11-9-7-2/h50,52,57-58,62H,6-49,51,53-56H2,1-5H3,(H-,60,63,64,65)/p+1/b52-50+. The van der Waals surface area contributed by atoms with Crippen LogP contribution in [0.5, 0.6) is 0 Å². The highest BCUT2D eigenvalue weighted by molar-refractivity contribution is 7.47. The Morgan fingerprint density at radius 3 is 1.09 bits per heavy atom. The van der Waals surface area contributed by atoms with E-state index in [9.17, 15) is 19.4 Å². The van der Waals surface area contributed by atoms with Gasteiger partial charge >= 0.3 is 7.82 Å². The van der Waals surface area contributed by atoms with E-state index in [0.717, 1.165) is 32.1 Å². The first-order valence-corrected chi connectivity index (χ1v) is 31.6. The first-order valence-electron chi connectivity index (χ1n) is 30.1. The van der Waals surface area contributed by atoms with Crippen molar-refractivity contribution in [2.75, 3.05) is 40.9 Å². The number of phosphoric ester groups is 1. The lowest BCUT2D eigenvalue weighted by Gasteiger charge is -2.25. The molecule has 9 heteroatoms. The number of amides is 1. The number of nitrogens with one attached hydrogen (secondary N) is 1. The molecule has 0 aliphatic carbocycles. The number of rotatable bonds is 56. The Morgan fingerprint density at radius 2 is 0.779 bits per heavy atom. The summed E-state index contributed by atoms with van der Waals surface area (Å²) < 4.78 is 23.7. The number of likely N-dealkylation sites (N-methyl/N-ethyl adjacent to an activating group) is 1. The molecule has 0 radical (unpaired) electrons. The monoisotopic (exact) mass is 984 g/mol. The van der Waals surface area contributed by atoms with Crippen molar-refractivity contribution < 1.29 is 32.9 Å². The molecule has 406 valence electrons. The summed E-state index contributed by atoms with van der Waals surface area (Å²) in [5.41, 5.74) is 0. The van der Waals surface area contributed by atoms with Gasteiger partial charge in [0.2, 0.25) is 5.91 Å². The molecule has 0 aromatic heterocycles. The van der Waals surface area contributed by atoms with Crippen LogP contribution in [0.3, 0.4) is 0 Å². The topological polar surface area (TPSA) is 105 Å². The van der Waals surface area contributed by atoms with Gasteiger partial charge in [-0.25, -0.2) is 4.57 Å². The molecule has 1 amide bonds. The van der Waals surface area contributed by atoms with E-state index in [2.05, 4.69) is 19.2 Å². The van der Waals surface area contributed by atoms with Gasteiger partial charge in [-0.15, -0.1) is 0 Å². The van der Waals surface area contributed by atoms with Gasteiger partial charge < -0.3 is 19.8 Å². The van der Waals surface area contributed by atoms with Gasteiger partial charge in [0.25, 0.3) is 0 Å².